The molecule has 0 radical (unpaired) electrons. The van der Waals surface area contributed by atoms with Crippen LogP contribution in [-0.2, 0) is 36.9 Å². The molecule has 6 atom stereocenters. The van der Waals surface area contributed by atoms with Gasteiger partial charge in [-0.15, -0.1) is 0 Å². The molecule has 1 spiro atoms. The summed E-state index contributed by atoms with van der Waals surface area (Å²) in [7, 11) is 0. The van der Waals surface area contributed by atoms with Gasteiger partial charge in [0, 0.05) is 37.0 Å². The van der Waals surface area contributed by atoms with E-state index in [-0.39, 0.29) is 24.6 Å². The number of epoxide rings is 1. The standard InChI is InChI=1S/C31H43N3O8/c1-30(2,3)24-25(35)34-16-20(14-22(34)27(36)37)41-28-26(42-28)33-15-19-8-7-9-23(21(19)17-33)39-13-6-4-5-10-31(11-12-31)18-40-29(38)32-24/h7-9,20,22,24,26,28H,4-6,10-18H2,1-3H3,(H,32,38)(H,36,37). The molecule has 11 heteroatoms. The second-order valence-electron chi connectivity index (χ2n) is 13.7. The number of hydrogen-bond acceptors (Lipinski definition) is 8. The minimum absolute atomic E-state index is 0.00915. The lowest BCUT2D eigenvalue weighted by atomic mass is 9.85. The van der Waals surface area contributed by atoms with E-state index in [1.165, 1.54) is 16.0 Å². The maximum atomic E-state index is 13.8. The summed E-state index contributed by atoms with van der Waals surface area (Å²) >= 11 is 0. The average molecular weight is 586 g/mol. The number of rotatable bonds is 1. The van der Waals surface area contributed by atoms with Crippen molar-refractivity contribution in [3.63, 3.8) is 0 Å². The van der Waals surface area contributed by atoms with E-state index in [0.717, 1.165) is 50.8 Å². The predicted molar refractivity (Wildman–Crippen MR) is 150 cm³/mol. The van der Waals surface area contributed by atoms with Crippen molar-refractivity contribution in [2.45, 2.75) is 110 Å². The van der Waals surface area contributed by atoms with Crippen molar-refractivity contribution in [3.05, 3.63) is 29.3 Å². The first kappa shape index (κ1) is 29.2. The van der Waals surface area contributed by atoms with E-state index in [1.807, 2.05) is 32.9 Å². The van der Waals surface area contributed by atoms with E-state index < -0.39 is 47.9 Å². The van der Waals surface area contributed by atoms with E-state index >= 15 is 0 Å². The predicted octanol–water partition coefficient (Wildman–Crippen LogP) is 3.63. The highest BCUT2D eigenvalue weighted by molar-refractivity contribution is 5.90. The molecule has 3 fully saturated rings. The lowest BCUT2D eigenvalue weighted by Gasteiger charge is -2.34. The fourth-order valence-electron chi connectivity index (χ4n) is 6.54. The number of nitrogens with one attached hydrogen (secondary N) is 1. The van der Waals surface area contributed by atoms with Crippen LogP contribution in [0.25, 0.3) is 0 Å². The molecule has 4 heterocycles. The summed E-state index contributed by atoms with van der Waals surface area (Å²) in [5.74, 6) is -0.641. The van der Waals surface area contributed by atoms with Crippen LogP contribution in [0.3, 0.4) is 0 Å². The van der Waals surface area contributed by atoms with Gasteiger partial charge in [-0.25, -0.2) is 9.59 Å². The fourth-order valence-corrected chi connectivity index (χ4v) is 6.54. The normalized spacial score (nSPS) is 33.3. The summed E-state index contributed by atoms with van der Waals surface area (Å²) in [4.78, 5) is 42.4. The number of benzene rings is 1. The first-order chi connectivity index (χ1) is 20.0. The molecule has 1 aliphatic carbocycles. The molecule has 6 rings (SSSR count). The highest BCUT2D eigenvalue weighted by Crippen LogP contribution is 2.50. The topological polar surface area (TPSA) is 130 Å². The van der Waals surface area contributed by atoms with Crippen LogP contribution in [0.4, 0.5) is 4.79 Å². The molecule has 42 heavy (non-hydrogen) atoms. The lowest BCUT2D eigenvalue weighted by molar-refractivity contribution is -0.150. The quantitative estimate of drug-likeness (QED) is 0.475. The van der Waals surface area contributed by atoms with Gasteiger partial charge in [-0.05, 0) is 42.7 Å². The number of carbonyl (C=O) groups excluding carboxylic acids is 2. The summed E-state index contributed by atoms with van der Waals surface area (Å²) in [6.45, 7) is 8.02. The van der Waals surface area contributed by atoms with Crippen molar-refractivity contribution in [3.8, 4) is 5.75 Å². The van der Waals surface area contributed by atoms with Gasteiger partial charge in [-0.3, -0.25) is 9.69 Å². The number of amides is 2. The Bertz CT molecular complexity index is 1210. The number of alkyl carbamates (subject to hydrolysis) is 1. The number of carbonyl (C=O) groups is 3. The number of cyclic esters (lactones) is 1. The summed E-state index contributed by atoms with van der Waals surface area (Å²) in [5.41, 5.74) is 1.73. The van der Waals surface area contributed by atoms with E-state index in [9.17, 15) is 19.5 Å². The molecule has 4 bridgehead atoms. The van der Waals surface area contributed by atoms with Gasteiger partial charge in [0.25, 0.3) is 0 Å². The maximum absolute atomic E-state index is 13.8. The highest BCUT2D eigenvalue weighted by Gasteiger charge is 2.52. The number of carboxylic acid groups (broad SMARTS) is 1. The third-order valence-electron chi connectivity index (χ3n) is 9.36. The Morgan fingerprint density at radius 3 is 2.60 bits per heavy atom. The summed E-state index contributed by atoms with van der Waals surface area (Å²) < 4.78 is 23.9. The first-order valence-electron chi connectivity index (χ1n) is 15.3. The van der Waals surface area contributed by atoms with Crippen LogP contribution in [0.2, 0.25) is 0 Å². The van der Waals surface area contributed by atoms with E-state index in [2.05, 4.69) is 16.3 Å². The summed E-state index contributed by atoms with van der Waals surface area (Å²) in [6.07, 6.45) is 4.30. The van der Waals surface area contributed by atoms with Gasteiger partial charge in [0.15, 0.2) is 12.5 Å². The molecule has 2 N–H and O–H groups in total. The fraction of sp³-hybridized carbons (Fsp3) is 0.710. The van der Waals surface area contributed by atoms with Crippen LogP contribution < -0.4 is 10.1 Å². The molecule has 4 aliphatic heterocycles. The Balaban J connectivity index is 1.19. The molecule has 0 aromatic heterocycles. The number of nitrogens with zero attached hydrogens (tertiary/aromatic N) is 2. The van der Waals surface area contributed by atoms with Crippen molar-refractivity contribution >= 4 is 18.0 Å². The molecule has 5 aliphatic rings. The second-order valence-corrected chi connectivity index (χ2v) is 13.7. The van der Waals surface area contributed by atoms with Gasteiger partial charge in [0.1, 0.15) is 17.8 Å². The molecule has 6 unspecified atom stereocenters. The lowest BCUT2D eigenvalue weighted by Crippen LogP contribution is -2.57. The highest BCUT2D eigenvalue weighted by atomic mass is 16.8. The molecular weight excluding hydrogens is 542 g/mol. The van der Waals surface area contributed by atoms with Crippen LogP contribution >= 0.6 is 0 Å². The zero-order valence-electron chi connectivity index (χ0n) is 24.8. The van der Waals surface area contributed by atoms with Crippen LogP contribution in [0.15, 0.2) is 18.2 Å². The molecule has 2 amide bonds. The first-order valence-corrected chi connectivity index (χ1v) is 15.3. The van der Waals surface area contributed by atoms with Gasteiger partial charge >= 0.3 is 12.1 Å². The second kappa shape index (κ2) is 11.3. The van der Waals surface area contributed by atoms with Crippen molar-refractivity contribution in [1.29, 1.82) is 0 Å². The monoisotopic (exact) mass is 585 g/mol. The van der Waals surface area contributed by atoms with Crippen LogP contribution in [0, 0.1) is 10.8 Å². The van der Waals surface area contributed by atoms with Crippen molar-refractivity contribution < 1.29 is 38.4 Å². The average Bonchev–Trinajstić information content (AvgIpc) is 3.78. The molecule has 1 aromatic carbocycles. The van der Waals surface area contributed by atoms with Gasteiger partial charge in [0.2, 0.25) is 5.91 Å². The molecule has 11 nitrogen and oxygen atoms in total. The van der Waals surface area contributed by atoms with Gasteiger partial charge in [-0.2, -0.15) is 0 Å². The third-order valence-corrected chi connectivity index (χ3v) is 9.36. The van der Waals surface area contributed by atoms with Crippen molar-refractivity contribution in [2.75, 3.05) is 19.8 Å². The number of ether oxygens (including phenoxy) is 4. The zero-order chi connectivity index (χ0) is 29.6. The van der Waals surface area contributed by atoms with E-state index in [0.29, 0.717) is 19.8 Å². The van der Waals surface area contributed by atoms with Crippen LogP contribution in [-0.4, -0.2) is 83.3 Å². The van der Waals surface area contributed by atoms with E-state index in [4.69, 9.17) is 18.9 Å². The van der Waals surface area contributed by atoms with Crippen LogP contribution in [0.1, 0.15) is 76.8 Å². The Hall–Kier alpha value is -2.89. The molecule has 230 valence electrons. The van der Waals surface area contributed by atoms with Gasteiger partial charge in [-0.1, -0.05) is 45.7 Å². The number of hydrogen-bond donors (Lipinski definition) is 2. The van der Waals surface area contributed by atoms with Crippen molar-refractivity contribution in [1.82, 2.24) is 15.1 Å². The molecule has 1 saturated carbocycles. The van der Waals surface area contributed by atoms with E-state index in [1.54, 1.807) is 0 Å². The maximum Gasteiger partial charge on any atom is 0.407 e. The van der Waals surface area contributed by atoms with Gasteiger partial charge < -0.3 is 34.3 Å². The molecular formula is C31H43N3O8. The third kappa shape index (κ3) is 6.23. The molecule has 2 saturated heterocycles. The molecule has 1 aromatic rings. The van der Waals surface area contributed by atoms with Crippen molar-refractivity contribution in [2.24, 2.45) is 10.8 Å². The van der Waals surface area contributed by atoms with Crippen LogP contribution in [0.5, 0.6) is 5.75 Å². The largest absolute Gasteiger partial charge is 0.493 e. The number of carboxylic acids is 1. The summed E-state index contributed by atoms with van der Waals surface area (Å²) in [6, 6.07) is 4.15. The Morgan fingerprint density at radius 2 is 1.86 bits per heavy atom. The zero-order valence-corrected chi connectivity index (χ0v) is 24.8. The SMILES string of the molecule is CC(C)(C)C1NC(=O)OCC2(CCCCCOc3cccc4c3CN(C4)C3OC3OC3CC(C(=O)O)N(C3)C1=O)CC2. The Labute approximate surface area is 246 Å². The smallest absolute Gasteiger partial charge is 0.407 e. The number of fused-ring (bicyclic) bond motifs is 5. The minimum atomic E-state index is -1.10. The summed E-state index contributed by atoms with van der Waals surface area (Å²) in [5, 5.41) is 12.7. The Kier molecular flexibility index (Phi) is 7.86. The van der Waals surface area contributed by atoms with Gasteiger partial charge in [0.05, 0.1) is 19.3 Å². The Morgan fingerprint density at radius 1 is 1.05 bits per heavy atom. The number of aliphatic carboxylic acids is 1. The minimum Gasteiger partial charge on any atom is -0.493 e.